The van der Waals surface area contributed by atoms with Crippen molar-refractivity contribution in [3.05, 3.63) is 47.1 Å². The van der Waals surface area contributed by atoms with Crippen LogP contribution in [-0.4, -0.2) is 54.2 Å². The molecule has 10 heteroatoms. The van der Waals surface area contributed by atoms with Gasteiger partial charge in [-0.1, -0.05) is 13.0 Å². The van der Waals surface area contributed by atoms with E-state index in [1.54, 1.807) is 31.3 Å². The summed E-state index contributed by atoms with van der Waals surface area (Å²) in [4.78, 5) is 19.8. The Morgan fingerprint density at radius 1 is 1.21 bits per heavy atom. The average Bonchev–Trinajstić information content (AvgIpc) is 2.80. The van der Waals surface area contributed by atoms with Gasteiger partial charge in [-0.3, -0.25) is 4.57 Å². The molecule has 2 N–H and O–H groups in total. The highest BCUT2D eigenvalue weighted by atomic mass is 19.1. The maximum atomic E-state index is 15.2. The number of phenols is 1. The molecule has 3 fully saturated rings. The first kappa shape index (κ1) is 21.4. The van der Waals surface area contributed by atoms with Gasteiger partial charge in [-0.15, -0.1) is 10.2 Å². The van der Waals surface area contributed by atoms with Crippen LogP contribution in [0.25, 0.3) is 22.6 Å². The van der Waals surface area contributed by atoms with Crippen molar-refractivity contribution in [1.82, 2.24) is 30.0 Å². The van der Waals surface area contributed by atoms with Crippen LogP contribution < -0.4 is 15.7 Å². The second-order valence-electron chi connectivity index (χ2n) is 9.43. The number of hydrogen-bond donors (Lipinski definition) is 2. The summed E-state index contributed by atoms with van der Waals surface area (Å²) in [6.45, 7) is 4.62. The zero-order valence-corrected chi connectivity index (χ0v) is 18.6. The minimum atomic E-state index is -1.15. The van der Waals surface area contributed by atoms with Gasteiger partial charge in [-0.2, -0.15) is 4.98 Å². The van der Waals surface area contributed by atoms with E-state index >= 15 is 4.39 Å². The van der Waals surface area contributed by atoms with Gasteiger partial charge in [0.25, 0.3) is 0 Å². The number of fused-ring (bicyclic) bond motifs is 3. The maximum Gasteiger partial charge on any atom is 0.350 e. The molecule has 2 aliphatic heterocycles. The fourth-order valence-electron chi connectivity index (χ4n) is 4.57. The Morgan fingerprint density at radius 2 is 2.03 bits per heavy atom. The molecule has 0 amide bonds. The first-order chi connectivity index (χ1) is 15.7. The number of aryl methyl sites for hydroxylation is 1. The fraction of sp³-hybridized carbons (Fsp3) is 0.435. The van der Waals surface area contributed by atoms with Gasteiger partial charge in [0.15, 0.2) is 12.0 Å². The summed E-state index contributed by atoms with van der Waals surface area (Å²) in [5, 5.41) is 22.1. The quantitative estimate of drug-likeness (QED) is 0.620. The zero-order valence-electron chi connectivity index (χ0n) is 18.6. The van der Waals surface area contributed by atoms with Gasteiger partial charge >= 0.3 is 5.69 Å². The lowest BCUT2D eigenvalue weighted by Crippen LogP contribution is -2.72. The summed E-state index contributed by atoms with van der Waals surface area (Å²) in [6, 6.07) is 8.12. The molecule has 1 aliphatic carbocycles. The van der Waals surface area contributed by atoms with E-state index in [4.69, 9.17) is 4.74 Å². The summed E-state index contributed by atoms with van der Waals surface area (Å²) in [6.07, 6.45) is 1.26. The lowest BCUT2D eigenvalue weighted by atomic mass is 9.61. The molecule has 0 radical (unpaired) electrons. The highest BCUT2D eigenvalue weighted by Crippen LogP contribution is 2.48. The molecule has 2 bridgehead atoms. The molecule has 2 saturated heterocycles. The van der Waals surface area contributed by atoms with Gasteiger partial charge in [0, 0.05) is 36.2 Å². The number of ether oxygens (including phenoxy) is 1. The van der Waals surface area contributed by atoms with Gasteiger partial charge in [-0.05, 0) is 38.0 Å². The van der Waals surface area contributed by atoms with E-state index in [1.165, 1.54) is 17.0 Å². The summed E-state index contributed by atoms with van der Waals surface area (Å²) in [5.41, 5.74) is 0.0368. The van der Waals surface area contributed by atoms with Crippen LogP contribution in [0.5, 0.6) is 11.6 Å². The molecule has 4 heterocycles. The molecule has 6 rings (SSSR count). The molecule has 4 atom stereocenters. The number of aromatic nitrogens is 5. The Kier molecular flexibility index (Phi) is 4.93. The number of hydrogen-bond acceptors (Lipinski definition) is 8. The smallest absolute Gasteiger partial charge is 0.350 e. The number of nitrogens with one attached hydrogen (secondary N) is 1. The molecule has 33 heavy (non-hydrogen) atoms. The van der Waals surface area contributed by atoms with Crippen molar-refractivity contribution in [2.45, 2.75) is 44.5 Å². The van der Waals surface area contributed by atoms with Crippen LogP contribution >= 0.6 is 0 Å². The fourth-order valence-corrected chi connectivity index (χ4v) is 4.57. The van der Waals surface area contributed by atoms with Crippen molar-refractivity contribution >= 4 is 0 Å². The van der Waals surface area contributed by atoms with Gasteiger partial charge in [0.2, 0.25) is 5.88 Å². The number of alkyl halides is 1. The third-order valence-electron chi connectivity index (χ3n) is 6.95. The highest BCUT2D eigenvalue weighted by Gasteiger charge is 2.58. The van der Waals surface area contributed by atoms with E-state index in [0.29, 0.717) is 23.4 Å². The molecular weight excluding hydrogens is 427 g/mol. The van der Waals surface area contributed by atoms with Crippen molar-refractivity contribution in [3.63, 3.8) is 0 Å². The van der Waals surface area contributed by atoms with Gasteiger partial charge in [0.1, 0.15) is 18.2 Å². The number of rotatable bonds is 4. The summed E-state index contributed by atoms with van der Waals surface area (Å²) < 4.78 is 22.4. The first-order valence-corrected chi connectivity index (χ1v) is 10.8. The SMILES string of the molecule is Cn1cnc(-c2ccc(-c3ccc(O[C@H]4[C@@H](F)[C@@]5(C)CC[C@]4(C)CN5)nn3)c(O)c2)nc1=O. The number of nitrogens with zero attached hydrogens (tertiary/aromatic N) is 5. The average molecular weight is 452 g/mol. The molecule has 172 valence electrons. The number of piperidine rings is 2. The van der Waals surface area contributed by atoms with E-state index in [0.717, 1.165) is 12.8 Å². The van der Waals surface area contributed by atoms with Gasteiger partial charge < -0.3 is 15.2 Å². The molecule has 1 saturated carbocycles. The van der Waals surface area contributed by atoms with Crippen LogP contribution in [0.1, 0.15) is 26.7 Å². The van der Waals surface area contributed by atoms with Crippen molar-refractivity contribution in [2.75, 3.05) is 6.54 Å². The monoisotopic (exact) mass is 452 g/mol. The third-order valence-corrected chi connectivity index (χ3v) is 6.95. The second kappa shape index (κ2) is 7.58. The van der Waals surface area contributed by atoms with Crippen molar-refractivity contribution in [1.29, 1.82) is 0 Å². The zero-order chi connectivity index (χ0) is 23.4. The highest BCUT2D eigenvalue weighted by molar-refractivity contribution is 5.71. The molecule has 2 aromatic heterocycles. The maximum absolute atomic E-state index is 15.2. The normalized spacial score (nSPS) is 28.6. The van der Waals surface area contributed by atoms with E-state index < -0.39 is 23.5 Å². The van der Waals surface area contributed by atoms with Crippen molar-refractivity contribution < 1.29 is 14.2 Å². The van der Waals surface area contributed by atoms with E-state index in [-0.39, 0.29) is 22.9 Å². The summed E-state index contributed by atoms with van der Waals surface area (Å²) in [5.74, 6) is 0.405. The second-order valence-corrected chi connectivity index (χ2v) is 9.43. The Balaban J connectivity index is 1.36. The first-order valence-electron chi connectivity index (χ1n) is 10.8. The predicted octanol–water partition coefficient (Wildman–Crippen LogP) is 2.25. The molecule has 1 aromatic carbocycles. The molecule has 9 nitrogen and oxygen atoms in total. The Morgan fingerprint density at radius 3 is 2.67 bits per heavy atom. The molecular formula is C23H25FN6O3. The molecule has 3 aliphatic rings. The van der Waals surface area contributed by atoms with E-state index in [9.17, 15) is 9.90 Å². The van der Waals surface area contributed by atoms with Crippen LogP contribution in [-0.2, 0) is 7.05 Å². The molecule has 0 spiro atoms. The Bertz CT molecular complexity index is 1250. The van der Waals surface area contributed by atoms with Crippen LogP contribution in [0.3, 0.4) is 0 Å². The standard InChI is InChI=1S/C23H25FN6O3/c1-22-8-9-23(2,26-11-22)18(24)19(22)33-17-7-6-15(28-29-17)14-5-4-13(10-16(14)31)20-25-12-30(3)21(32)27-20/h4-7,10,12,18-19,26,31H,8-9,11H2,1-3H3/t18-,19+,22-,23-/m1/s1. The van der Waals surface area contributed by atoms with Gasteiger partial charge in [-0.25, -0.2) is 14.2 Å². The number of halogens is 1. The molecule has 3 aromatic rings. The van der Waals surface area contributed by atoms with Crippen LogP contribution in [0.15, 0.2) is 41.5 Å². The topological polar surface area (TPSA) is 115 Å². The van der Waals surface area contributed by atoms with Gasteiger partial charge in [0.05, 0.1) is 11.2 Å². The van der Waals surface area contributed by atoms with E-state index in [2.05, 4.69) is 25.5 Å². The Labute approximate surface area is 189 Å². The summed E-state index contributed by atoms with van der Waals surface area (Å²) >= 11 is 0. The predicted molar refractivity (Wildman–Crippen MR) is 118 cm³/mol. The Hall–Kier alpha value is -3.40. The van der Waals surface area contributed by atoms with Crippen LogP contribution in [0.4, 0.5) is 4.39 Å². The lowest BCUT2D eigenvalue weighted by molar-refractivity contribution is -0.120. The largest absolute Gasteiger partial charge is 0.507 e. The minimum absolute atomic E-state index is 0.0559. The van der Waals surface area contributed by atoms with Crippen molar-refractivity contribution in [3.8, 4) is 34.3 Å². The van der Waals surface area contributed by atoms with Crippen molar-refractivity contribution in [2.24, 2.45) is 12.5 Å². The number of benzene rings is 1. The number of aromatic hydroxyl groups is 1. The minimum Gasteiger partial charge on any atom is -0.507 e. The van der Waals surface area contributed by atoms with E-state index in [1.807, 2.05) is 13.8 Å². The number of phenolic OH excluding ortho intramolecular Hbond substituents is 1. The van der Waals surface area contributed by atoms with Crippen LogP contribution in [0.2, 0.25) is 0 Å². The third kappa shape index (κ3) is 3.64. The molecule has 0 unspecified atom stereocenters. The van der Waals surface area contributed by atoms with Crippen LogP contribution in [0, 0.1) is 5.41 Å². The lowest BCUT2D eigenvalue weighted by Gasteiger charge is -2.56. The summed E-state index contributed by atoms with van der Waals surface area (Å²) in [7, 11) is 1.56.